The van der Waals surface area contributed by atoms with Crippen molar-refractivity contribution >= 4 is 0 Å². The standard InChI is InChI=1S/C17H12F6O/c1-15(11-6-8-13(9-7-11)17(21,22)23)14(24-15)10-2-4-12(5-3-10)16(18,19)20/h2-9,14H,1H3. The zero-order valence-electron chi connectivity index (χ0n) is 12.4. The quantitative estimate of drug-likeness (QED) is 0.501. The van der Waals surface area contributed by atoms with Gasteiger partial charge in [-0.25, -0.2) is 0 Å². The lowest BCUT2D eigenvalue weighted by molar-refractivity contribution is -0.138. The summed E-state index contributed by atoms with van der Waals surface area (Å²) in [7, 11) is 0. The Hall–Kier alpha value is -2.02. The Labute approximate surface area is 133 Å². The maximum Gasteiger partial charge on any atom is 0.416 e. The van der Waals surface area contributed by atoms with Crippen LogP contribution in [0.4, 0.5) is 26.3 Å². The fourth-order valence-corrected chi connectivity index (χ4v) is 2.65. The molecule has 0 spiro atoms. The molecule has 2 aromatic carbocycles. The lowest BCUT2D eigenvalue weighted by Crippen LogP contribution is -2.08. The molecule has 1 heterocycles. The number of epoxide rings is 1. The molecule has 3 rings (SSSR count). The molecule has 2 atom stereocenters. The topological polar surface area (TPSA) is 12.5 Å². The van der Waals surface area contributed by atoms with E-state index in [-0.39, 0.29) is 0 Å². The zero-order chi connectivity index (χ0) is 17.8. The van der Waals surface area contributed by atoms with Crippen molar-refractivity contribution in [2.75, 3.05) is 0 Å². The summed E-state index contributed by atoms with van der Waals surface area (Å²) >= 11 is 0. The third kappa shape index (κ3) is 3.00. The van der Waals surface area contributed by atoms with Gasteiger partial charge in [-0.1, -0.05) is 24.3 Å². The average molecular weight is 346 g/mol. The Morgan fingerprint density at radius 1 is 0.750 bits per heavy atom. The monoisotopic (exact) mass is 346 g/mol. The highest BCUT2D eigenvalue weighted by atomic mass is 19.4. The summed E-state index contributed by atoms with van der Waals surface area (Å²) in [6, 6.07) is 9.15. The van der Waals surface area contributed by atoms with Gasteiger partial charge in [0.05, 0.1) is 11.1 Å². The van der Waals surface area contributed by atoms with Crippen molar-refractivity contribution in [3.8, 4) is 0 Å². The second-order valence-electron chi connectivity index (χ2n) is 5.80. The minimum Gasteiger partial charge on any atom is -0.356 e. The van der Waals surface area contributed by atoms with E-state index in [0.29, 0.717) is 11.1 Å². The summed E-state index contributed by atoms with van der Waals surface area (Å²) in [4.78, 5) is 0. The zero-order valence-corrected chi connectivity index (χ0v) is 12.4. The summed E-state index contributed by atoms with van der Waals surface area (Å²) in [6.45, 7) is 1.69. The molecular formula is C17H12F6O. The smallest absolute Gasteiger partial charge is 0.356 e. The maximum absolute atomic E-state index is 12.6. The van der Waals surface area contributed by atoms with Crippen molar-refractivity contribution in [3.05, 3.63) is 70.8 Å². The van der Waals surface area contributed by atoms with Gasteiger partial charge in [0.25, 0.3) is 0 Å². The SMILES string of the molecule is CC1(c2ccc(C(F)(F)F)cc2)OC1c1ccc(C(F)(F)F)cc1. The lowest BCUT2D eigenvalue weighted by Gasteiger charge is -2.11. The fourth-order valence-electron chi connectivity index (χ4n) is 2.65. The normalized spacial score (nSPS) is 24.0. The number of ether oxygens (including phenoxy) is 1. The van der Waals surface area contributed by atoms with Gasteiger partial charge in [-0.15, -0.1) is 0 Å². The van der Waals surface area contributed by atoms with Crippen molar-refractivity contribution in [3.63, 3.8) is 0 Å². The summed E-state index contributed by atoms with van der Waals surface area (Å²) in [5.41, 5.74) is -1.28. The van der Waals surface area contributed by atoms with E-state index in [1.807, 2.05) is 0 Å². The van der Waals surface area contributed by atoms with Crippen LogP contribution in [0.15, 0.2) is 48.5 Å². The first-order chi connectivity index (χ1) is 11.0. The molecule has 2 aromatic rings. The highest BCUT2D eigenvalue weighted by Crippen LogP contribution is 2.56. The molecule has 0 aliphatic carbocycles. The van der Waals surface area contributed by atoms with Gasteiger partial charge < -0.3 is 4.74 Å². The molecule has 1 nitrogen and oxygen atoms in total. The highest BCUT2D eigenvalue weighted by molar-refractivity contribution is 5.38. The molecule has 7 heteroatoms. The number of rotatable bonds is 2. The van der Waals surface area contributed by atoms with Crippen LogP contribution >= 0.6 is 0 Å². The van der Waals surface area contributed by atoms with Gasteiger partial charge >= 0.3 is 12.4 Å². The minimum absolute atomic E-state index is 0.489. The molecular weight excluding hydrogens is 334 g/mol. The Kier molecular flexibility index (Phi) is 3.67. The first kappa shape index (κ1) is 16.8. The third-order valence-corrected chi connectivity index (χ3v) is 4.13. The molecule has 0 amide bonds. The van der Waals surface area contributed by atoms with Gasteiger partial charge in [-0.2, -0.15) is 26.3 Å². The molecule has 128 valence electrons. The van der Waals surface area contributed by atoms with Crippen LogP contribution in [-0.4, -0.2) is 0 Å². The number of benzene rings is 2. The fraction of sp³-hybridized carbons (Fsp3) is 0.294. The van der Waals surface area contributed by atoms with Crippen LogP contribution in [0.1, 0.15) is 35.3 Å². The van der Waals surface area contributed by atoms with Crippen molar-refractivity contribution in [1.29, 1.82) is 0 Å². The molecule has 1 fully saturated rings. The lowest BCUT2D eigenvalue weighted by atomic mass is 9.92. The van der Waals surface area contributed by atoms with Gasteiger partial charge in [-0.05, 0) is 42.3 Å². The second-order valence-corrected chi connectivity index (χ2v) is 5.80. The van der Waals surface area contributed by atoms with E-state index in [0.717, 1.165) is 24.3 Å². The first-order valence-corrected chi connectivity index (χ1v) is 7.04. The van der Waals surface area contributed by atoms with E-state index in [2.05, 4.69) is 0 Å². The second kappa shape index (κ2) is 5.24. The van der Waals surface area contributed by atoms with Crippen LogP contribution in [0.25, 0.3) is 0 Å². The maximum atomic E-state index is 12.6. The largest absolute Gasteiger partial charge is 0.416 e. The van der Waals surface area contributed by atoms with Crippen LogP contribution in [0.3, 0.4) is 0 Å². The van der Waals surface area contributed by atoms with Crippen molar-refractivity contribution in [2.45, 2.75) is 31.0 Å². The Morgan fingerprint density at radius 2 is 1.17 bits per heavy atom. The Morgan fingerprint density at radius 3 is 1.58 bits per heavy atom. The Bertz CT molecular complexity index is 730. The van der Waals surface area contributed by atoms with Crippen LogP contribution in [-0.2, 0) is 22.7 Å². The van der Waals surface area contributed by atoms with Crippen molar-refractivity contribution in [2.24, 2.45) is 0 Å². The number of hydrogen-bond donors (Lipinski definition) is 0. The molecule has 0 bridgehead atoms. The van der Waals surface area contributed by atoms with E-state index in [9.17, 15) is 26.3 Å². The van der Waals surface area contributed by atoms with Gasteiger partial charge in [0.15, 0.2) is 0 Å². The number of alkyl halides is 6. The summed E-state index contributed by atoms with van der Waals surface area (Å²) in [5.74, 6) is 0. The molecule has 1 saturated heterocycles. The molecule has 0 N–H and O–H groups in total. The number of hydrogen-bond acceptors (Lipinski definition) is 1. The molecule has 2 unspecified atom stereocenters. The predicted octanol–water partition coefficient (Wildman–Crippen LogP) is 5.71. The van der Waals surface area contributed by atoms with E-state index in [1.165, 1.54) is 24.3 Å². The van der Waals surface area contributed by atoms with Crippen LogP contribution < -0.4 is 0 Å². The van der Waals surface area contributed by atoms with Crippen LogP contribution in [0.2, 0.25) is 0 Å². The minimum atomic E-state index is -4.42. The van der Waals surface area contributed by atoms with Crippen molar-refractivity contribution in [1.82, 2.24) is 0 Å². The molecule has 0 aromatic heterocycles. The summed E-state index contributed by atoms with van der Waals surface area (Å²) in [5, 5.41) is 0. The average Bonchev–Trinajstić information content (AvgIpc) is 3.19. The molecule has 0 saturated carbocycles. The van der Waals surface area contributed by atoms with Gasteiger partial charge in [0.1, 0.15) is 11.7 Å². The van der Waals surface area contributed by atoms with E-state index in [4.69, 9.17) is 4.74 Å². The summed E-state index contributed by atoms with van der Waals surface area (Å²) in [6.07, 6.45) is -9.33. The van der Waals surface area contributed by atoms with Crippen LogP contribution in [0.5, 0.6) is 0 Å². The van der Waals surface area contributed by atoms with Crippen LogP contribution in [0, 0.1) is 0 Å². The third-order valence-electron chi connectivity index (χ3n) is 4.13. The molecule has 24 heavy (non-hydrogen) atoms. The number of halogens is 6. The predicted molar refractivity (Wildman–Crippen MR) is 74.1 cm³/mol. The van der Waals surface area contributed by atoms with Crippen molar-refractivity contribution < 1.29 is 31.1 Å². The van der Waals surface area contributed by atoms with Gasteiger partial charge in [0.2, 0.25) is 0 Å². The molecule has 1 aliphatic heterocycles. The first-order valence-electron chi connectivity index (χ1n) is 7.04. The van der Waals surface area contributed by atoms with Gasteiger partial charge in [0, 0.05) is 0 Å². The Balaban J connectivity index is 1.80. The van der Waals surface area contributed by atoms with E-state index in [1.54, 1.807) is 6.92 Å². The van der Waals surface area contributed by atoms with E-state index < -0.39 is 35.2 Å². The molecule has 0 radical (unpaired) electrons. The summed E-state index contributed by atoms with van der Waals surface area (Å²) < 4.78 is 81.0. The van der Waals surface area contributed by atoms with Gasteiger partial charge in [-0.3, -0.25) is 0 Å². The van der Waals surface area contributed by atoms with E-state index >= 15 is 0 Å². The highest BCUT2D eigenvalue weighted by Gasteiger charge is 2.54. The molecule has 1 aliphatic rings.